The Morgan fingerprint density at radius 1 is 1.46 bits per heavy atom. The van der Waals surface area contributed by atoms with Gasteiger partial charge in [-0.05, 0) is 6.92 Å². The van der Waals surface area contributed by atoms with Crippen LogP contribution in [0.15, 0.2) is 17.8 Å². The van der Waals surface area contributed by atoms with Gasteiger partial charge in [-0.2, -0.15) is 5.10 Å². The molecule has 3 aromatic rings. The van der Waals surface area contributed by atoms with Crippen molar-refractivity contribution in [2.75, 3.05) is 6.54 Å². The van der Waals surface area contributed by atoms with Crippen LogP contribution in [0, 0.1) is 6.92 Å². The number of nitrogens with one attached hydrogen (secondary N) is 1. The number of rotatable bonds is 5. The van der Waals surface area contributed by atoms with E-state index >= 15 is 0 Å². The molecular weight excluding hydrogens is 326 g/mol. The predicted molar refractivity (Wildman–Crippen MR) is 89.4 cm³/mol. The molecule has 0 radical (unpaired) electrons. The van der Waals surface area contributed by atoms with Crippen molar-refractivity contribution in [2.24, 2.45) is 7.05 Å². The van der Waals surface area contributed by atoms with Crippen LogP contribution < -0.4 is 5.32 Å². The van der Waals surface area contributed by atoms with E-state index in [9.17, 15) is 0 Å². The van der Waals surface area contributed by atoms with E-state index in [-0.39, 0.29) is 6.10 Å². The molecule has 4 rings (SSSR count). The van der Waals surface area contributed by atoms with Gasteiger partial charge in [-0.25, -0.2) is 9.67 Å². The number of aromatic nitrogens is 6. The Labute approximate surface area is 143 Å². The summed E-state index contributed by atoms with van der Waals surface area (Å²) in [6.07, 6.45) is 3.82. The largest absolute Gasteiger partial charge is 0.369 e. The fourth-order valence-corrected chi connectivity index (χ4v) is 3.42. The van der Waals surface area contributed by atoms with Crippen molar-refractivity contribution in [2.45, 2.75) is 32.7 Å². The lowest BCUT2D eigenvalue weighted by Crippen LogP contribution is -2.36. The molecule has 1 N–H and O–H groups in total. The SMILES string of the molecule is Cc1nc(CNCC2Cn3nnc(-c4cnn(C)c4)c3CO2)cs1. The Hall–Kier alpha value is -2.10. The fourth-order valence-electron chi connectivity index (χ4n) is 2.81. The Balaban J connectivity index is 1.37. The zero-order valence-electron chi connectivity index (χ0n) is 13.6. The van der Waals surface area contributed by atoms with E-state index in [1.165, 1.54) is 0 Å². The minimum absolute atomic E-state index is 0.0840. The lowest BCUT2D eigenvalue weighted by Gasteiger charge is -2.24. The van der Waals surface area contributed by atoms with Gasteiger partial charge in [-0.3, -0.25) is 4.68 Å². The first-order valence-electron chi connectivity index (χ1n) is 7.84. The number of thiazole rings is 1. The van der Waals surface area contributed by atoms with Crippen LogP contribution in [-0.4, -0.2) is 42.4 Å². The topological polar surface area (TPSA) is 82.7 Å². The van der Waals surface area contributed by atoms with Gasteiger partial charge in [0.25, 0.3) is 0 Å². The van der Waals surface area contributed by atoms with Gasteiger partial charge < -0.3 is 10.1 Å². The first kappa shape index (κ1) is 15.4. The summed E-state index contributed by atoms with van der Waals surface area (Å²) in [5.41, 5.74) is 3.91. The summed E-state index contributed by atoms with van der Waals surface area (Å²) in [6, 6.07) is 0. The quantitative estimate of drug-likeness (QED) is 0.746. The molecule has 0 aliphatic carbocycles. The van der Waals surface area contributed by atoms with Crippen molar-refractivity contribution in [1.29, 1.82) is 0 Å². The van der Waals surface area contributed by atoms with E-state index in [0.717, 1.165) is 40.7 Å². The van der Waals surface area contributed by atoms with Crippen LogP contribution in [0.2, 0.25) is 0 Å². The average molecular weight is 345 g/mol. The summed E-state index contributed by atoms with van der Waals surface area (Å²) in [6.45, 7) is 4.75. The highest BCUT2D eigenvalue weighted by Crippen LogP contribution is 2.24. The molecule has 0 spiro atoms. The molecule has 1 unspecified atom stereocenters. The summed E-state index contributed by atoms with van der Waals surface area (Å²) in [4.78, 5) is 4.45. The van der Waals surface area contributed by atoms with Crippen LogP contribution in [0.25, 0.3) is 11.3 Å². The molecule has 3 aromatic heterocycles. The molecule has 0 saturated heterocycles. The molecule has 1 atom stereocenters. The Morgan fingerprint density at radius 2 is 2.38 bits per heavy atom. The number of aryl methyl sites for hydroxylation is 2. The van der Waals surface area contributed by atoms with Crippen molar-refractivity contribution in [1.82, 2.24) is 35.1 Å². The van der Waals surface area contributed by atoms with Gasteiger partial charge in [0.1, 0.15) is 5.69 Å². The van der Waals surface area contributed by atoms with Gasteiger partial charge >= 0.3 is 0 Å². The van der Waals surface area contributed by atoms with Crippen LogP contribution in [-0.2, 0) is 31.5 Å². The smallest absolute Gasteiger partial charge is 0.121 e. The molecule has 126 valence electrons. The van der Waals surface area contributed by atoms with Crippen LogP contribution in [0.5, 0.6) is 0 Å². The van der Waals surface area contributed by atoms with Crippen molar-refractivity contribution in [3.05, 3.63) is 34.2 Å². The average Bonchev–Trinajstić information content (AvgIpc) is 3.27. The molecule has 0 saturated carbocycles. The summed E-state index contributed by atoms with van der Waals surface area (Å²) >= 11 is 1.67. The van der Waals surface area contributed by atoms with Crippen molar-refractivity contribution in [3.8, 4) is 11.3 Å². The minimum atomic E-state index is 0.0840. The monoisotopic (exact) mass is 345 g/mol. The first-order valence-corrected chi connectivity index (χ1v) is 8.71. The van der Waals surface area contributed by atoms with Crippen molar-refractivity contribution < 1.29 is 4.74 Å². The number of nitrogens with zero attached hydrogens (tertiary/aromatic N) is 6. The number of fused-ring (bicyclic) bond motifs is 1. The first-order chi connectivity index (χ1) is 11.7. The predicted octanol–water partition coefficient (Wildman–Crippen LogP) is 1.13. The third-order valence-corrected chi connectivity index (χ3v) is 4.82. The van der Waals surface area contributed by atoms with Gasteiger partial charge in [0.15, 0.2) is 0 Å². The van der Waals surface area contributed by atoms with Crippen molar-refractivity contribution >= 4 is 11.3 Å². The maximum atomic E-state index is 5.97. The van der Waals surface area contributed by atoms with Crippen molar-refractivity contribution in [3.63, 3.8) is 0 Å². The van der Waals surface area contributed by atoms with E-state index in [0.29, 0.717) is 13.2 Å². The zero-order valence-corrected chi connectivity index (χ0v) is 14.5. The molecule has 9 heteroatoms. The second-order valence-corrected chi connectivity index (χ2v) is 6.95. The standard InChI is InChI=1S/C15H19N7OS/c1-10-18-12(9-24-10)4-16-5-13-7-22-14(8-23-13)15(19-20-22)11-3-17-21(2)6-11/h3,6,9,13,16H,4-5,7-8H2,1-2H3. The van der Waals surface area contributed by atoms with Crippen LogP contribution in [0.3, 0.4) is 0 Å². The summed E-state index contributed by atoms with van der Waals surface area (Å²) in [5, 5.41) is 19.3. The van der Waals surface area contributed by atoms with Gasteiger partial charge in [0.2, 0.25) is 0 Å². The van der Waals surface area contributed by atoms with Crippen LogP contribution in [0.4, 0.5) is 0 Å². The summed E-state index contributed by atoms with van der Waals surface area (Å²) in [5.74, 6) is 0. The van der Waals surface area contributed by atoms with Crippen LogP contribution >= 0.6 is 11.3 Å². The zero-order chi connectivity index (χ0) is 16.5. The van der Waals surface area contributed by atoms with E-state index < -0.39 is 0 Å². The van der Waals surface area contributed by atoms with Crippen LogP contribution in [0.1, 0.15) is 16.4 Å². The molecule has 0 amide bonds. The molecule has 1 aliphatic heterocycles. The van der Waals surface area contributed by atoms with E-state index in [4.69, 9.17) is 4.74 Å². The fraction of sp³-hybridized carbons (Fsp3) is 0.467. The van der Waals surface area contributed by atoms with E-state index in [1.807, 2.05) is 24.9 Å². The third-order valence-electron chi connectivity index (χ3n) is 3.99. The minimum Gasteiger partial charge on any atom is -0.369 e. The molecule has 24 heavy (non-hydrogen) atoms. The number of ether oxygens (including phenoxy) is 1. The highest BCUT2D eigenvalue weighted by molar-refractivity contribution is 7.09. The second-order valence-electron chi connectivity index (χ2n) is 5.89. The van der Waals surface area contributed by atoms with Gasteiger partial charge in [-0.15, -0.1) is 16.4 Å². The Kier molecular flexibility index (Phi) is 4.13. The number of hydrogen-bond donors (Lipinski definition) is 1. The molecule has 1 aliphatic rings. The summed E-state index contributed by atoms with van der Waals surface area (Å²) < 4.78 is 9.66. The summed E-state index contributed by atoms with van der Waals surface area (Å²) in [7, 11) is 1.89. The molecule has 0 aromatic carbocycles. The Morgan fingerprint density at radius 3 is 3.12 bits per heavy atom. The van der Waals surface area contributed by atoms with E-state index in [2.05, 4.69) is 31.1 Å². The molecule has 0 bridgehead atoms. The van der Waals surface area contributed by atoms with Gasteiger partial charge in [0.05, 0.1) is 41.8 Å². The molecule has 4 heterocycles. The Bertz CT molecular complexity index is 837. The normalized spacial score (nSPS) is 17.2. The second kappa shape index (κ2) is 6.42. The molecular formula is C15H19N7OS. The molecule has 0 fully saturated rings. The highest BCUT2D eigenvalue weighted by atomic mass is 32.1. The lowest BCUT2D eigenvalue weighted by molar-refractivity contribution is 0.00122. The van der Waals surface area contributed by atoms with Gasteiger partial charge in [0, 0.05) is 37.3 Å². The lowest BCUT2D eigenvalue weighted by atomic mass is 10.2. The molecule has 8 nitrogen and oxygen atoms in total. The third kappa shape index (κ3) is 3.10. The number of hydrogen-bond acceptors (Lipinski definition) is 7. The van der Waals surface area contributed by atoms with E-state index in [1.54, 1.807) is 22.2 Å². The maximum Gasteiger partial charge on any atom is 0.121 e. The highest BCUT2D eigenvalue weighted by Gasteiger charge is 2.24. The van der Waals surface area contributed by atoms with Gasteiger partial charge in [-0.1, -0.05) is 5.21 Å². The maximum absolute atomic E-state index is 5.97.